The minimum Gasteiger partial charge on any atom is -0.378 e. The van der Waals surface area contributed by atoms with E-state index in [9.17, 15) is 4.79 Å². The summed E-state index contributed by atoms with van der Waals surface area (Å²) in [6.45, 7) is 2.65. The lowest BCUT2D eigenvalue weighted by molar-refractivity contribution is -0.136. The molecule has 0 aliphatic carbocycles. The molecule has 0 saturated carbocycles. The molecule has 4 rings (SSSR count). The number of benzene rings is 2. The Kier molecular flexibility index (Phi) is 3.98. The van der Waals surface area contributed by atoms with Gasteiger partial charge in [-0.15, -0.1) is 0 Å². The van der Waals surface area contributed by atoms with E-state index in [-0.39, 0.29) is 11.8 Å². The van der Waals surface area contributed by atoms with Crippen molar-refractivity contribution >= 4 is 17.3 Å². The van der Waals surface area contributed by atoms with Crippen LogP contribution in [0.15, 0.2) is 48.5 Å². The second kappa shape index (κ2) is 6.29. The fourth-order valence-electron chi connectivity index (χ4n) is 3.78. The Morgan fingerprint density at radius 3 is 2.46 bits per heavy atom. The highest BCUT2D eigenvalue weighted by molar-refractivity contribution is 5.88. The van der Waals surface area contributed by atoms with Gasteiger partial charge in [-0.25, -0.2) is 0 Å². The first-order valence-corrected chi connectivity index (χ1v) is 8.53. The molecule has 1 fully saturated rings. The molecule has 4 heteroatoms. The minimum atomic E-state index is -0.134. The Bertz CT molecular complexity index is 753. The highest BCUT2D eigenvalue weighted by atomic mass is 16.5. The predicted octanol–water partition coefficient (Wildman–Crippen LogP) is 2.95. The van der Waals surface area contributed by atoms with Crippen molar-refractivity contribution in [3.8, 4) is 0 Å². The van der Waals surface area contributed by atoms with Crippen molar-refractivity contribution in [1.29, 1.82) is 0 Å². The van der Waals surface area contributed by atoms with Crippen LogP contribution in [0.25, 0.3) is 0 Å². The van der Waals surface area contributed by atoms with E-state index in [1.165, 1.54) is 11.3 Å². The predicted molar refractivity (Wildman–Crippen MR) is 94.8 cm³/mol. The molecule has 24 heavy (non-hydrogen) atoms. The summed E-state index contributed by atoms with van der Waals surface area (Å²) in [6.07, 6.45) is 0.744. The molecule has 0 spiro atoms. The number of morpholine rings is 1. The maximum Gasteiger partial charge on any atom is 0.230 e. The Morgan fingerprint density at radius 1 is 1.00 bits per heavy atom. The molecule has 2 aromatic carbocycles. The Labute approximate surface area is 142 Å². The van der Waals surface area contributed by atoms with Gasteiger partial charge in [0.1, 0.15) is 0 Å². The fourth-order valence-corrected chi connectivity index (χ4v) is 3.78. The summed E-state index contributed by atoms with van der Waals surface area (Å²) in [5, 5.41) is 0. The van der Waals surface area contributed by atoms with Crippen molar-refractivity contribution < 1.29 is 9.53 Å². The van der Waals surface area contributed by atoms with Gasteiger partial charge < -0.3 is 14.5 Å². The molecular weight excluding hydrogens is 300 g/mol. The number of nitrogens with zero attached hydrogens (tertiary/aromatic N) is 2. The lowest BCUT2D eigenvalue weighted by Gasteiger charge is -2.31. The molecular formula is C20H22N2O2. The quantitative estimate of drug-likeness (QED) is 0.809. The molecule has 2 aromatic rings. The third-order valence-electron chi connectivity index (χ3n) is 5.07. The minimum absolute atomic E-state index is 0.134. The number of ether oxygens (including phenoxy) is 1. The number of rotatable bonds is 1. The molecule has 0 radical (unpaired) electrons. The van der Waals surface area contributed by atoms with Gasteiger partial charge in [0.2, 0.25) is 5.91 Å². The summed E-state index contributed by atoms with van der Waals surface area (Å²) in [7, 11) is 2.08. The van der Waals surface area contributed by atoms with Gasteiger partial charge >= 0.3 is 0 Å². The van der Waals surface area contributed by atoms with Crippen LogP contribution >= 0.6 is 0 Å². The van der Waals surface area contributed by atoms with E-state index in [2.05, 4.69) is 48.3 Å². The standard InChI is InChI=1S/C20H22N2O2/c1-21-18-8-4-2-6-15(18)14-17(16-7-3-5-9-19(16)21)20(23)22-10-12-24-13-11-22/h2-9,17H,10-14H2,1H3. The first-order valence-electron chi connectivity index (χ1n) is 8.53. The van der Waals surface area contributed by atoms with E-state index in [1.807, 2.05) is 17.0 Å². The second-order valence-corrected chi connectivity index (χ2v) is 6.44. The normalized spacial score (nSPS) is 20.1. The number of hydrogen-bond acceptors (Lipinski definition) is 3. The molecule has 2 aliphatic rings. The highest BCUT2D eigenvalue weighted by Gasteiger charge is 2.32. The van der Waals surface area contributed by atoms with Crippen molar-refractivity contribution in [3.63, 3.8) is 0 Å². The summed E-state index contributed by atoms with van der Waals surface area (Å²) in [5.41, 5.74) is 4.65. The smallest absolute Gasteiger partial charge is 0.230 e. The van der Waals surface area contributed by atoms with Gasteiger partial charge in [-0.2, -0.15) is 0 Å². The largest absolute Gasteiger partial charge is 0.378 e. The summed E-state index contributed by atoms with van der Waals surface area (Å²) < 4.78 is 5.40. The zero-order valence-corrected chi connectivity index (χ0v) is 13.9. The molecule has 124 valence electrons. The maximum atomic E-state index is 13.2. The van der Waals surface area contributed by atoms with Crippen LogP contribution in [0.4, 0.5) is 11.4 Å². The second-order valence-electron chi connectivity index (χ2n) is 6.44. The van der Waals surface area contributed by atoms with E-state index in [1.54, 1.807) is 0 Å². The topological polar surface area (TPSA) is 32.8 Å². The van der Waals surface area contributed by atoms with Gasteiger partial charge in [0, 0.05) is 31.5 Å². The third kappa shape index (κ3) is 2.57. The van der Waals surface area contributed by atoms with Crippen LogP contribution < -0.4 is 4.90 Å². The van der Waals surface area contributed by atoms with Gasteiger partial charge in [0.15, 0.2) is 0 Å². The number of carbonyl (C=O) groups is 1. The average Bonchev–Trinajstić information content (AvgIpc) is 2.78. The number of anilines is 2. The number of fused-ring (bicyclic) bond motifs is 2. The number of hydrogen-bond donors (Lipinski definition) is 0. The van der Waals surface area contributed by atoms with Gasteiger partial charge in [-0.3, -0.25) is 4.79 Å². The van der Waals surface area contributed by atoms with Crippen LogP contribution in [0.3, 0.4) is 0 Å². The van der Waals surface area contributed by atoms with Gasteiger partial charge in [0.05, 0.1) is 19.1 Å². The lowest BCUT2D eigenvalue weighted by atomic mass is 9.90. The monoisotopic (exact) mass is 322 g/mol. The van der Waals surface area contributed by atoms with E-state index in [0.29, 0.717) is 26.3 Å². The van der Waals surface area contributed by atoms with Gasteiger partial charge in [-0.1, -0.05) is 36.4 Å². The SMILES string of the molecule is CN1c2ccccc2CC(C(=O)N2CCOCC2)c2ccccc21. The number of carbonyl (C=O) groups excluding carboxylic acids is 1. The average molecular weight is 322 g/mol. The lowest BCUT2D eigenvalue weighted by Crippen LogP contribution is -2.43. The molecule has 1 saturated heterocycles. The van der Waals surface area contributed by atoms with Gasteiger partial charge in [-0.05, 0) is 29.7 Å². The Morgan fingerprint density at radius 2 is 1.67 bits per heavy atom. The molecule has 2 heterocycles. The molecule has 1 unspecified atom stereocenters. The van der Waals surface area contributed by atoms with E-state index < -0.39 is 0 Å². The van der Waals surface area contributed by atoms with Crippen LogP contribution in [-0.2, 0) is 16.0 Å². The van der Waals surface area contributed by atoms with Crippen LogP contribution in [0.1, 0.15) is 17.0 Å². The molecule has 1 amide bonds. The summed E-state index contributed by atoms with van der Waals surface area (Å²) in [5.74, 6) is 0.0845. The zero-order valence-electron chi connectivity index (χ0n) is 13.9. The Hall–Kier alpha value is -2.33. The Balaban J connectivity index is 1.78. The van der Waals surface area contributed by atoms with Crippen LogP contribution in [0, 0.1) is 0 Å². The number of para-hydroxylation sites is 2. The first kappa shape index (κ1) is 15.2. The van der Waals surface area contributed by atoms with Crippen molar-refractivity contribution in [2.45, 2.75) is 12.3 Å². The molecule has 2 aliphatic heterocycles. The van der Waals surface area contributed by atoms with Crippen molar-refractivity contribution in [2.24, 2.45) is 0 Å². The molecule has 0 bridgehead atoms. The zero-order chi connectivity index (χ0) is 16.5. The summed E-state index contributed by atoms with van der Waals surface area (Å²) in [4.78, 5) is 17.4. The van der Waals surface area contributed by atoms with Crippen LogP contribution in [-0.4, -0.2) is 44.2 Å². The molecule has 0 N–H and O–H groups in total. The molecule has 0 aromatic heterocycles. The third-order valence-corrected chi connectivity index (χ3v) is 5.07. The first-order chi connectivity index (χ1) is 11.8. The van der Waals surface area contributed by atoms with E-state index in [0.717, 1.165) is 17.7 Å². The van der Waals surface area contributed by atoms with Gasteiger partial charge in [0.25, 0.3) is 0 Å². The summed E-state index contributed by atoms with van der Waals surface area (Å²) in [6, 6.07) is 16.7. The van der Waals surface area contributed by atoms with Crippen molar-refractivity contribution in [3.05, 3.63) is 59.7 Å². The van der Waals surface area contributed by atoms with Crippen molar-refractivity contribution in [1.82, 2.24) is 4.90 Å². The fraction of sp³-hybridized carbons (Fsp3) is 0.350. The van der Waals surface area contributed by atoms with Crippen LogP contribution in [0.5, 0.6) is 0 Å². The van der Waals surface area contributed by atoms with E-state index >= 15 is 0 Å². The van der Waals surface area contributed by atoms with E-state index in [4.69, 9.17) is 4.74 Å². The highest BCUT2D eigenvalue weighted by Crippen LogP contribution is 2.40. The summed E-state index contributed by atoms with van der Waals surface area (Å²) >= 11 is 0. The van der Waals surface area contributed by atoms with Crippen molar-refractivity contribution in [2.75, 3.05) is 38.3 Å². The number of amides is 1. The van der Waals surface area contributed by atoms with Crippen LogP contribution in [0.2, 0.25) is 0 Å². The molecule has 4 nitrogen and oxygen atoms in total. The molecule has 1 atom stereocenters. The maximum absolute atomic E-state index is 13.2.